The van der Waals surface area contributed by atoms with Crippen LogP contribution in [0.3, 0.4) is 0 Å². The molecular weight excluding hydrogens is 394 g/mol. The number of carbonyl (C=O) groups is 1. The van der Waals surface area contributed by atoms with Crippen LogP contribution in [0.15, 0.2) is 47.2 Å². The van der Waals surface area contributed by atoms with Crippen molar-refractivity contribution in [2.75, 3.05) is 13.1 Å². The van der Waals surface area contributed by atoms with E-state index in [0.29, 0.717) is 42.1 Å². The van der Waals surface area contributed by atoms with Crippen molar-refractivity contribution in [1.82, 2.24) is 24.8 Å². The van der Waals surface area contributed by atoms with Crippen molar-refractivity contribution in [2.45, 2.75) is 44.8 Å². The van der Waals surface area contributed by atoms with Crippen LogP contribution in [-0.4, -0.2) is 55.0 Å². The summed E-state index contributed by atoms with van der Waals surface area (Å²) in [5, 5.41) is 19.0. The number of nitrogens with zero attached hydrogens (tertiary/aromatic N) is 5. The quantitative estimate of drug-likeness (QED) is 0.695. The first-order valence-electron chi connectivity index (χ1n) is 10.9. The van der Waals surface area contributed by atoms with Gasteiger partial charge in [0, 0.05) is 42.5 Å². The number of hydrogen-bond donors (Lipinski definition) is 1. The van der Waals surface area contributed by atoms with E-state index in [4.69, 9.17) is 4.52 Å². The largest absolute Gasteiger partial charge is 0.391 e. The molecule has 1 aliphatic heterocycles. The van der Waals surface area contributed by atoms with Crippen LogP contribution in [0.5, 0.6) is 0 Å². The molecule has 1 aliphatic carbocycles. The van der Waals surface area contributed by atoms with Crippen LogP contribution in [0.2, 0.25) is 0 Å². The molecule has 2 aliphatic rings. The summed E-state index contributed by atoms with van der Waals surface area (Å²) in [6.07, 6.45) is 4.76. The normalized spacial score (nSPS) is 25.7. The van der Waals surface area contributed by atoms with Gasteiger partial charge in [-0.2, -0.15) is 10.1 Å². The average molecular weight is 422 g/mol. The number of carbonyl (C=O) groups excluding carboxylic acids is 1. The predicted molar refractivity (Wildman–Crippen MR) is 113 cm³/mol. The zero-order valence-electron chi connectivity index (χ0n) is 17.8. The molecule has 1 N–H and O–H groups in total. The number of aliphatic hydroxyl groups excluding tert-OH is 1. The monoisotopic (exact) mass is 421 g/mol. The van der Waals surface area contributed by atoms with Crippen LogP contribution in [-0.2, 0) is 0 Å². The van der Waals surface area contributed by atoms with Crippen molar-refractivity contribution in [3.8, 4) is 11.4 Å². The van der Waals surface area contributed by atoms with E-state index >= 15 is 0 Å². The van der Waals surface area contributed by atoms with Crippen LogP contribution >= 0.6 is 0 Å². The Balaban J connectivity index is 1.27. The molecule has 8 nitrogen and oxygen atoms in total. The summed E-state index contributed by atoms with van der Waals surface area (Å²) >= 11 is 0. The highest BCUT2D eigenvalue weighted by molar-refractivity contribution is 5.94. The Morgan fingerprint density at radius 2 is 1.90 bits per heavy atom. The van der Waals surface area contributed by atoms with E-state index in [2.05, 4.69) is 15.2 Å². The molecule has 4 atom stereocenters. The number of rotatable bonds is 4. The van der Waals surface area contributed by atoms with E-state index in [9.17, 15) is 9.90 Å². The molecule has 31 heavy (non-hydrogen) atoms. The van der Waals surface area contributed by atoms with E-state index in [1.54, 1.807) is 6.20 Å². The van der Waals surface area contributed by atoms with E-state index in [1.807, 2.05) is 60.0 Å². The number of hydrogen-bond acceptors (Lipinski definition) is 6. The second-order valence-corrected chi connectivity index (χ2v) is 9.01. The van der Waals surface area contributed by atoms with Gasteiger partial charge in [-0.15, -0.1) is 0 Å². The maximum absolute atomic E-state index is 13.1. The van der Waals surface area contributed by atoms with Crippen LogP contribution in [0.25, 0.3) is 11.4 Å². The fourth-order valence-electron chi connectivity index (χ4n) is 4.87. The minimum Gasteiger partial charge on any atom is -0.391 e. The summed E-state index contributed by atoms with van der Waals surface area (Å²) in [6, 6.07) is 9.24. The Bertz CT molecular complexity index is 1040. The molecule has 1 saturated carbocycles. The van der Waals surface area contributed by atoms with Gasteiger partial charge in [0.1, 0.15) is 0 Å². The van der Waals surface area contributed by atoms with Gasteiger partial charge in [0.05, 0.1) is 12.1 Å². The molecule has 0 bridgehead atoms. The third kappa shape index (κ3) is 3.76. The van der Waals surface area contributed by atoms with Crippen molar-refractivity contribution >= 4 is 5.91 Å². The third-order valence-corrected chi connectivity index (χ3v) is 6.59. The third-order valence-electron chi connectivity index (χ3n) is 6.59. The Morgan fingerprint density at radius 3 is 2.55 bits per heavy atom. The molecule has 8 heteroatoms. The highest BCUT2D eigenvalue weighted by Gasteiger charge is 2.43. The summed E-state index contributed by atoms with van der Waals surface area (Å²) in [5.74, 6) is 2.06. The average Bonchev–Trinajstić information content (AvgIpc) is 3.52. The molecule has 0 unspecified atom stereocenters. The highest BCUT2D eigenvalue weighted by Crippen LogP contribution is 2.41. The minimum absolute atomic E-state index is 0.0173. The first-order valence-corrected chi connectivity index (χ1v) is 10.9. The van der Waals surface area contributed by atoms with Gasteiger partial charge in [-0.25, -0.2) is 0 Å². The molecule has 3 aromatic rings. The number of amides is 1. The van der Waals surface area contributed by atoms with Gasteiger partial charge in [-0.3, -0.25) is 9.48 Å². The fourth-order valence-corrected chi connectivity index (χ4v) is 4.87. The Hall–Kier alpha value is -3.00. The molecule has 0 spiro atoms. The summed E-state index contributed by atoms with van der Waals surface area (Å²) < 4.78 is 7.13. The van der Waals surface area contributed by atoms with Gasteiger partial charge in [0.15, 0.2) is 0 Å². The fraction of sp³-hybridized carbons (Fsp3) is 0.478. The Morgan fingerprint density at radius 1 is 1.16 bits per heavy atom. The zero-order valence-corrected chi connectivity index (χ0v) is 17.8. The second kappa shape index (κ2) is 7.92. The van der Waals surface area contributed by atoms with E-state index in [-0.39, 0.29) is 17.9 Å². The summed E-state index contributed by atoms with van der Waals surface area (Å²) in [4.78, 5) is 19.5. The molecule has 2 fully saturated rings. The van der Waals surface area contributed by atoms with Crippen LogP contribution in [0.1, 0.15) is 54.9 Å². The molecule has 162 valence electrons. The predicted octanol–water partition coefficient (Wildman–Crippen LogP) is 3.14. The van der Waals surface area contributed by atoms with Crippen molar-refractivity contribution < 1.29 is 14.4 Å². The second-order valence-electron chi connectivity index (χ2n) is 9.01. The first kappa shape index (κ1) is 19.9. The lowest BCUT2D eigenvalue weighted by molar-refractivity contribution is 0.0306. The maximum atomic E-state index is 13.1. The number of benzene rings is 1. The number of aliphatic hydroxyl groups is 1. The van der Waals surface area contributed by atoms with Gasteiger partial charge >= 0.3 is 0 Å². The number of fused-ring (bicyclic) bond motifs is 1. The SMILES string of the molecule is CC(C)c1nc(-c2ccc(C(=O)N3C[C@H]4C[C@@H](n5cccn5)[C@H](O)C[C@H]4C3)cc2)no1. The lowest BCUT2D eigenvalue weighted by Crippen LogP contribution is -2.36. The summed E-state index contributed by atoms with van der Waals surface area (Å²) in [7, 11) is 0. The van der Waals surface area contributed by atoms with Crippen LogP contribution in [0, 0.1) is 11.8 Å². The molecule has 1 amide bonds. The van der Waals surface area contributed by atoms with E-state index < -0.39 is 6.10 Å². The minimum atomic E-state index is -0.429. The molecule has 5 rings (SSSR count). The molecule has 1 saturated heterocycles. The number of aromatic nitrogens is 4. The molecule has 3 heterocycles. The highest BCUT2D eigenvalue weighted by atomic mass is 16.5. The lowest BCUT2D eigenvalue weighted by Gasteiger charge is -2.35. The van der Waals surface area contributed by atoms with Crippen LogP contribution in [0.4, 0.5) is 0 Å². The van der Waals surface area contributed by atoms with Crippen molar-refractivity contribution in [2.24, 2.45) is 11.8 Å². The smallest absolute Gasteiger partial charge is 0.253 e. The molecule has 0 radical (unpaired) electrons. The zero-order chi connectivity index (χ0) is 21.5. The van der Waals surface area contributed by atoms with Crippen molar-refractivity contribution in [3.05, 3.63) is 54.2 Å². The topological polar surface area (TPSA) is 97.3 Å². The molecule has 1 aromatic carbocycles. The Labute approximate surface area is 180 Å². The summed E-state index contributed by atoms with van der Waals surface area (Å²) in [5.41, 5.74) is 1.48. The maximum Gasteiger partial charge on any atom is 0.253 e. The number of likely N-dealkylation sites (tertiary alicyclic amines) is 1. The van der Waals surface area contributed by atoms with Gasteiger partial charge in [-0.1, -0.05) is 31.1 Å². The van der Waals surface area contributed by atoms with E-state index in [0.717, 1.165) is 18.5 Å². The van der Waals surface area contributed by atoms with Crippen molar-refractivity contribution in [1.29, 1.82) is 0 Å². The van der Waals surface area contributed by atoms with Crippen LogP contribution < -0.4 is 0 Å². The van der Waals surface area contributed by atoms with Gasteiger partial charge in [0.25, 0.3) is 5.91 Å². The van der Waals surface area contributed by atoms with Gasteiger partial charge < -0.3 is 14.5 Å². The lowest BCUT2D eigenvalue weighted by atomic mass is 9.77. The van der Waals surface area contributed by atoms with Crippen molar-refractivity contribution in [3.63, 3.8) is 0 Å². The molecular formula is C23H27N5O3. The first-order chi connectivity index (χ1) is 15.0. The Kier molecular flexibility index (Phi) is 5.09. The molecule has 2 aromatic heterocycles. The van der Waals surface area contributed by atoms with E-state index in [1.165, 1.54) is 0 Å². The van der Waals surface area contributed by atoms with Gasteiger partial charge in [-0.05, 0) is 42.9 Å². The standard InChI is InChI=1S/C23H27N5O3/c1-14(2)22-25-21(26-31-22)15-4-6-16(7-5-15)23(30)27-12-17-10-19(28-9-3-8-24-28)20(29)11-18(17)13-27/h3-9,14,17-20,29H,10-13H2,1-2H3/t17-,18+,19-,20-/m1/s1. The summed E-state index contributed by atoms with van der Waals surface area (Å²) in [6.45, 7) is 5.42. The van der Waals surface area contributed by atoms with Gasteiger partial charge in [0.2, 0.25) is 11.7 Å².